The van der Waals surface area contributed by atoms with E-state index in [1.165, 1.54) is 12.3 Å². The van der Waals surface area contributed by atoms with Gasteiger partial charge in [0.1, 0.15) is 11.4 Å². The van der Waals surface area contributed by atoms with Crippen molar-refractivity contribution in [2.24, 2.45) is 0 Å². The molecule has 1 saturated heterocycles. The zero-order valence-corrected chi connectivity index (χ0v) is 14.5. The number of hydrogen-bond acceptors (Lipinski definition) is 4. The van der Waals surface area contributed by atoms with Crippen LogP contribution in [0.2, 0.25) is 0 Å². The van der Waals surface area contributed by atoms with Crippen LogP contribution in [0.15, 0.2) is 24.4 Å². The fourth-order valence-electron chi connectivity index (χ4n) is 3.44. The number of H-pyrrole nitrogens is 1. The van der Waals surface area contributed by atoms with Crippen LogP contribution in [-0.4, -0.2) is 48.7 Å². The highest BCUT2D eigenvalue weighted by Gasteiger charge is 2.36. The fourth-order valence-corrected chi connectivity index (χ4v) is 3.44. The summed E-state index contributed by atoms with van der Waals surface area (Å²) < 4.78 is 41.2. The molecule has 0 aromatic carbocycles. The van der Waals surface area contributed by atoms with E-state index in [0.29, 0.717) is 43.0 Å². The van der Waals surface area contributed by atoms with Crippen molar-refractivity contribution >= 4 is 11.6 Å². The number of nitrogens with zero attached hydrogens (tertiary/aromatic N) is 5. The maximum atomic E-state index is 13.4. The smallest absolute Gasteiger partial charge is 0.337 e. The van der Waals surface area contributed by atoms with Gasteiger partial charge in [0.05, 0.1) is 5.69 Å². The summed E-state index contributed by atoms with van der Waals surface area (Å²) in [5.41, 5.74) is 0.635. The second kappa shape index (κ2) is 6.36. The Morgan fingerprint density at radius 2 is 2.00 bits per heavy atom. The highest BCUT2D eigenvalue weighted by molar-refractivity contribution is 5.92. The first-order valence-electron chi connectivity index (χ1n) is 8.56. The summed E-state index contributed by atoms with van der Waals surface area (Å²) in [6, 6.07) is 4.22. The van der Waals surface area contributed by atoms with Crippen LogP contribution in [0, 0.1) is 6.92 Å². The summed E-state index contributed by atoms with van der Waals surface area (Å²) in [6.45, 7) is 2.54. The van der Waals surface area contributed by atoms with Crippen LogP contribution in [-0.2, 0) is 6.18 Å². The number of fused-ring (bicyclic) bond motifs is 1. The average molecular weight is 378 g/mol. The molecule has 0 bridgehead atoms. The number of rotatable bonds is 2. The van der Waals surface area contributed by atoms with Gasteiger partial charge in [-0.25, -0.2) is 9.50 Å². The molecule has 0 spiro atoms. The Hall–Kier alpha value is -2.91. The minimum absolute atomic E-state index is 0.142. The zero-order chi connectivity index (χ0) is 19.2. The Labute approximate surface area is 152 Å². The average Bonchev–Trinajstić information content (AvgIpc) is 3.28. The molecule has 0 unspecified atom stereocenters. The molecule has 142 valence electrons. The Morgan fingerprint density at radius 1 is 1.26 bits per heavy atom. The summed E-state index contributed by atoms with van der Waals surface area (Å²) in [6.07, 6.45) is -1.92. The van der Waals surface area contributed by atoms with Crippen LogP contribution < -0.4 is 0 Å². The summed E-state index contributed by atoms with van der Waals surface area (Å²) in [5, 5.41) is 10.3. The SMILES string of the molecule is Cc1cc2nc(C3CCN(C(=O)c4ccn[nH]4)CC3)cc(C(F)(F)F)n2n1. The zero-order valence-electron chi connectivity index (χ0n) is 14.5. The molecular weight excluding hydrogens is 361 g/mol. The van der Waals surface area contributed by atoms with Gasteiger partial charge >= 0.3 is 6.18 Å². The number of carbonyl (C=O) groups is 1. The number of aryl methyl sites for hydroxylation is 1. The number of piperidine rings is 1. The van der Waals surface area contributed by atoms with Crippen molar-refractivity contribution in [3.05, 3.63) is 47.2 Å². The summed E-state index contributed by atoms with van der Waals surface area (Å²) >= 11 is 0. The molecule has 7 nitrogen and oxygen atoms in total. The third kappa shape index (κ3) is 3.26. The molecule has 4 heterocycles. The number of alkyl halides is 3. The molecule has 3 aromatic heterocycles. The number of amides is 1. The van der Waals surface area contributed by atoms with Crippen molar-refractivity contribution in [1.82, 2.24) is 29.7 Å². The fraction of sp³-hybridized carbons (Fsp3) is 0.412. The van der Waals surface area contributed by atoms with Crippen LogP contribution in [0.4, 0.5) is 13.2 Å². The van der Waals surface area contributed by atoms with E-state index in [2.05, 4.69) is 20.3 Å². The molecule has 1 N–H and O–H groups in total. The van der Waals surface area contributed by atoms with E-state index >= 15 is 0 Å². The molecule has 0 aliphatic carbocycles. The number of carbonyl (C=O) groups excluding carboxylic acids is 1. The van der Waals surface area contributed by atoms with Crippen LogP contribution in [0.1, 0.15) is 46.3 Å². The lowest BCUT2D eigenvalue weighted by atomic mass is 9.92. The van der Waals surface area contributed by atoms with Crippen LogP contribution >= 0.6 is 0 Å². The molecule has 0 saturated carbocycles. The molecule has 3 aromatic rings. The Kier molecular flexibility index (Phi) is 4.12. The number of halogens is 3. The van der Waals surface area contributed by atoms with E-state index in [1.807, 2.05) is 0 Å². The highest BCUT2D eigenvalue weighted by Crippen LogP contribution is 2.34. The van der Waals surface area contributed by atoms with Gasteiger partial charge in [-0.1, -0.05) is 0 Å². The molecule has 1 aliphatic rings. The molecule has 1 aliphatic heterocycles. The number of aromatic nitrogens is 5. The third-order valence-electron chi connectivity index (χ3n) is 4.79. The number of hydrogen-bond donors (Lipinski definition) is 1. The second-order valence-electron chi connectivity index (χ2n) is 6.66. The second-order valence-corrected chi connectivity index (χ2v) is 6.66. The molecule has 1 fully saturated rings. The van der Waals surface area contributed by atoms with Gasteiger partial charge in [0.25, 0.3) is 5.91 Å². The van der Waals surface area contributed by atoms with Gasteiger partial charge in [-0.15, -0.1) is 0 Å². The van der Waals surface area contributed by atoms with E-state index in [1.54, 1.807) is 17.9 Å². The topological polar surface area (TPSA) is 79.2 Å². The lowest BCUT2D eigenvalue weighted by Crippen LogP contribution is -2.38. The van der Waals surface area contributed by atoms with Crippen molar-refractivity contribution in [2.45, 2.75) is 31.9 Å². The minimum Gasteiger partial charge on any atom is -0.337 e. The minimum atomic E-state index is -4.52. The van der Waals surface area contributed by atoms with Crippen LogP contribution in [0.3, 0.4) is 0 Å². The first-order chi connectivity index (χ1) is 12.8. The van der Waals surface area contributed by atoms with Crippen LogP contribution in [0.5, 0.6) is 0 Å². The van der Waals surface area contributed by atoms with Gasteiger partial charge < -0.3 is 4.90 Å². The molecule has 27 heavy (non-hydrogen) atoms. The van der Waals surface area contributed by atoms with Gasteiger partial charge in [0, 0.05) is 37.0 Å². The third-order valence-corrected chi connectivity index (χ3v) is 4.79. The Bertz CT molecular complexity index is 971. The normalized spacial score (nSPS) is 16.2. The first kappa shape index (κ1) is 17.5. The molecule has 0 radical (unpaired) electrons. The van der Waals surface area contributed by atoms with Crippen molar-refractivity contribution in [3.63, 3.8) is 0 Å². The molecule has 10 heteroatoms. The van der Waals surface area contributed by atoms with Gasteiger partial charge in [-0.05, 0) is 31.9 Å². The maximum Gasteiger partial charge on any atom is 0.433 e. The summed E-state index contributed by atoms with van der Waals surface area (Å²) in [7, 11) is 0. The van der Waals surface area contributed by atoms with E-state index in [0.717, 1.165) is 10.6 Å². The Morgan fingerprint density at radius 3 is 2.63 bits per heavy atom. The molecular formula is C17H17F3N6O. The lowest BCUT2D eigenvalue weighted by molar-refractivity contribution is -0.142. The molecule has 0 atom stereocenters. The van der Waals surface area contributed by atoms with Crippen molar-refractivity contribution < 1.29 is 18.0 Å². The van der Waals surface area contributed by atoms with Gasteiger partial charge in [0.2, 0.25) is 0 Å². The predicted molar refractivity (Wildman–Crippen MR) is 89.2 cm³/mol. The van der Waals surface area contributed by atoms with Gasteiger partial charge in [-0.2, -0.15) is 23.4 Å². The van der Waals surface area contributed by atoms with E-state index < -0.39 is 11.9 Å². The predicted octanol–water partition coefficient (Wildman–Crippen LogP) is 2.80. The molecule has 1 amide bonds. The van der Waals surface area contributed by atoms with E-state index in [-0.39, 0.29) is 17.5 Å². The lowest BCUT2D eigenvalue weighted by Gasteiger charge is -2.31. The number of nitrogens with one attached hydrogen (secondary N) is 1. The standard InChI is InChI=1S/C17H17F3N6O/c1-10-8-15-22-13(9-14(17(18,19)20)26(15)24-10)11-3-6-25(7-4-11)16(27)12-2-5-21-23-12/h2,5,8-9,11H,3-4,6-7H2,1H3,(H,21,23). The van der Waals surface area contributed by atoms with Gasteiger partial charge in [-0.3, -0.25) is 9.89 Å². The van der Waals surface area contributed by atoms with E-state index in [9.17, 15) is 18.0 Å². The Balaban J connectivity index is 1.58. The monoisotopic (exact) mass is 378 g/mol. The van der Waals surface area contributed by atoms with Crippen molar-refractivity contribution in [3.8, 4) is 0 Å². The van der Waals surface area contributed by atoms with E-state index in [4.69, 9.17) is 0 Å². The maximum absolute atomic E-state index is 13.4. The largest absolute Gasteiger partial charge is 0.433 e. The number of aromatic amines is 1. The number of likely N-dealkylation sites (tertiary alicyclic amines) is 1. The van der Waals surface area contributed by atoms with Gasteiger partial charge in [0.15, 0.2) is 5.65 Å². The quantitative estimate of drug-likeness (QED) is 0.744. The van der Waals surface area contributed by atoms with Crippen LogP contribution in [0.25, 0.3) is 5.65 Å². The summed E-state index contributed by atoms with van der Waals surface area (Å²) in [5.74, 6) is -0.297. The molecule has 4 rings (SSSR count). The van der Waals surface area contributed by atoms with Crippen molar-refractivity contribution in [1.29, 1.82) is 0 Å². The van der Waals surface area contributed by atoms with Crippen molar-refractivity contribution in [2.75, 3.05) is 13.1 Å². The summed E-state index contributed by atoms with van der Waals surface area (Å²) in [4.78, 5) is 18.4. The first-order valence-corrected chi connectivity index (χ1v) is 8.56. The highest BCUT2D eigenvalue weighted by atomic mass is 19.4.